The van der Waals surface area contributed by atoms with Crippen LogP contribution in [-0.2, 0) is 11.2 Å². The van der Waals surface area contributed by atoms with E-state index in [4.69, 9.17) is 27.2 Å². The zero-order valence-electron chi connectivity index (χ0n) is 15.5. The van der Waals surface area contributed by atoms with Gasteiger partial charge in [-0.2, -0.15) is 13.2 Å². The molecule has 1 aliphatic rings. The van der Waals surface area contributed by atoms with Crippen LogP contribution in [0.2, 0.25) is 5.02 Å². The SMILES string of the molecule is CCc1ccc(Cl)cc1.C[C@@H]1CC[C@H](C)CC(N)C1.O=C(O)C(F)(F)F. The van der Waals surface area contributed by atoms with Crippen molar-refractivity contribution in [3.8, 4) is 0 Å². The lowest BCUT2D eigenvalue weighted by atomic mass is 10.0. The Kier molecular flexibility index (Phi) is 11.6. The molecule has 26 heavy (non-hydrogen) atoms. The molecule has 0 radical (unpaired) electrons. The van der Waals surface area contributed by atoms with Gasteiger partial charge in [-0.3, -0.25) is 0 Å². The molecule has 0 bridgehead atoms. The Bertz CT molecular complexity index is 509. The summed E-state index contributed by atoms with van der Waals surface area (Å²) < 4.78 is 31.7. The fraction of sp³-hybridized carbons (Fsp3) is 0.632. The second-order valence-corrected chi connectivity index (χ2v) is 7.24. The lowest BCUT2D eigenvalue weighted by Crippen LogP contribution is -2.22. The standard InChI is InChI=1S/C9H19N.C8H9Cl.C2HF3O2/c1-7-3-4-8(2)6-9(10)5-7;1-2-7-3-5-8(9)6-4-7;3-2(4,5)1(6)7/h7-9H,3-6,10H2,1-2H3;3-6H,2H2,1H3;(H,6,7)/t7-,8+,9?;;. The minimum atomic E-state index is -5.08. The predicted octanol–water partition coefficient (Wildman–Crippen LogP) is 5.70. The molecule has 0 aromatic heterocycles. The fourth-order valence-corrected chi connectivity index (χ4v) is 2.78. The van der Waals surface area contributed by atoms with Gasteiger partial charge in [0, 0.05) is 11.1 Å². The number of halogens is 4. The van der Waals surface area contributed by atoms with E-state index in [-0.39, 0.29) is 0 Å². The van der Waals surface area contributed by atoms with Crippen LogP contribution in [-0.4, -0.2) is 23.3 Å². The zero-order chi connectivity index (χ0) is 20.3. The molecule has 150 valence electrons. The second-order valence-electron chi connectivity index (χ2n) is 6.80. The summed E-state index contributed by atoms with van der Waals surface area (Å²) in [7, 11) is 0. The fourth-order valence-electron chi connectivity index (χ4n) is 2.65. The number of benzene rings is 1. The quantitative estimate of drug-likeness (QED) is 0.600. The monoisotopic (exact) mass is 395 g/mol. The summed E-state index contributed by atoms with van der Waals surface area (Å²) >= 11 is 5.67. The van der Waals surface area contributed by atoms with E-state index in [2.05, 4.69) is 20.8 Å². The average molecular weight is 396 g/mol. The van der Waals surface area contributed by atoms with Gasteiger partial charge in [-0.1, -0.05) is 57.3 Å². The number of aryl methyl sites for hydroxylation is 1. The van der Waals surface area contributed by atoms with Gasteiger partial charge >= 0.3 is 12.1 Å². The van der Waals surface area contributed by atoms with Crippen molar-refractivity contribution in [2.24, 2.45) is 17.6 Å². The van der Waals surface area contributed by atoms with Crippen molar-refractivity contribution >= 4 is 17.6 Å². The molecule has 1 saturated carbocycles. The Morgan fingerprint density at radius 1 is 1.15 bits per heavy atom. The Morgan fingerprint density at radius 2 is 1.54 bits per heavy atom. The first-order chi connectivity index (χ1) is 12.0. The number of carboxylic acids is 1. The van der Waals surface area contributed by atoms with Gasteiger partial charge in [-0.05, 0) is 48.8 Å². The van der Waals surface area contributed by atoms with Crippen molar-refractivity contribution in [1.82, 2.24) is 0 Å². The lowest BCUT2D eigenvalue weighted by molar-refractivity contribution is -0.192. The summed E-state index contributed by atoms with van der Waals surface area (Å²) in [5.41, 5.74) is 7.25. The van der Waals surface area contributed by atoms with Crippen LogP contribution in [0.5, 0.6) is 0 Å². The molecule has 3 N–H and O–H groups in total. The largest absolute Gasteiger partial charge is 0.490 e. The Hall–Kier alpha value is -1.27. The first-order valence-corrected chi connectivity index (χ1v) is 9.13. The summed E-state index contributed by atoms with van der Waals surface area (Å²) in [5.74, 6) is -1.03. The van der Waals surface area contributed by atoms with Crippen LogP contribution in [0.4, 0.5) is 13.2 Å². The molecule has 1 aromatic carbocycles. The third kappa shape index (κ3) is 12.1. The summed E-state index contributed by atoms with van der Waals surface area (Å²) in [4.78, 5) is 8.90. The molecule has 0 aliphatic heterocycles. The van der Waals surface area contributed by atoms with Crippen molar-refractivity contribution in [2.75, 3.05) is 0 Å². The molecule has 1 fully saturated rings. The minimum absolute atomic E-state index is 0.479. The number of aliphatic carboxylic acids is 1. The van der Waals surface area contributed by atoms with Crippen molar-refractivity contribution in [3.63, 3.8) is 0 Å². The highest BCUT2D eigenvalue weighted by atomic mass is 35.5. The van der Waals surface area contributed by atoms with Gasteiger partial charge in [0.25, 0.3) is 0 Å². The van der Waals surface area contributed by atoms with Crippen molar-refractivity contribution in [1.29, 1.82) is 0 Å². The maximum atomic E-state index is 10.6. The Balaban J connectivity index is 0.000000368. The predicted molar refractivity (Wildman–Crippen MR) is 99.3 cm³/mol. The number of carboxylic acid groups (broad SMARTS) is 1. The maximum absolute atomic E-state index is 10.6. The number of nitrogens with two attached hydrogens (primary N) is 1. The van der Waals surface area contributed by atoms with Gasteiger partial charge in [-0.25, -0.2) is 4.79 Å². The van der Waals surface area contributed by atoms with Gasteiger partial charge in [0.2, 0.25) is 0 Å². The molecular weight excluding hydrogens is 367 g/mol. The molecule has 0 heterocycles. The molecular formula is C19H29ClF3NO2. The molecule has 0 amide bonds. The second kappa shape index (κ2) is 12.2. The number of hydrogen-bond acceptors (Lipinski definition) is 2. The van der Waals surface area contributed by atoms with E-state index in [1.54, 1.807) is 0 Å². The molecule has 3 nitrogen and oxygen atoms in total. The van der Waals surface area contributed by atoms with E-state index >= 15 is 0 Å². The number of hydrogen-bond donors (Lipinski definition) is 2. The van der Waals surface area contributed by atoms with Crippen LogP contribution in [0.15, 0.2) is 24.3 Å². The van der Waals surface area contributed by atoms with Gasteiger partial charge in [0.15, 0.2) is 0 Å². The average Bonchev–Trinajstić information content (AvgIpc) is 2.68. The van der Waals surface area contributed by atoms with Crippen molar-refractivity contribution < 1.29 is 23.1 Å². The van der Waals surface area contributed by atoms with Gasteiger partial charge in [-0.15, -0.1) is 0 Å². The number of alkyl halides is 3. The van der Waals surface area contributed by atoms with E-state index in [1.165, 1.54) is 31.2 Å². The molecule has 0 saturated heterocycles. The molecule has 3 atom stereocenters. The summed E-state index contributed by atoms with van der Waals surface area (Å²) in [6.07, 6.45) is 1.25. The lowest BCUT2D eigenvalue weighted by Gasteiger charge is -2.11. The molecule has 0 spiro atoms. The van der Waals surface area contributed by atoms with E-state index in [0.29, 0.717) is 6.04 Å². The molecule has 1 aromatic rings. The number of carbonyl (C=O) groups is 1. The first-order valence-electron chi connectivity index (χ1n) is 8.75. The molecule has 1 aliphatic carbocycles. The Labute approximate surface area is 158 Å². The van der Waals surface area contributed by atoms with Crippen LogP contribution in [0.1, 0.15) is 52.0 Å². The minimum Gasteiger partial charge on any atom is -0.475 e. The van der Waals surface area contributed by atoms with Crippen LogP contribution in [0.25, 0.3) is 0 Å². The van der Waals surface area contributed by atoms with Crippen molar-refractivity contribution in [2.45, 2.75) is 65.1 Å². The van der Waals surface area contributed by atoms with E-state index in [0.717, 1.165) is 23.3 Å². The highest BCUT2D eigenvalue weighted by Crippen LogP contribution is 2.25. The van der Waals surface area contributed by atoms with Crippen LogP contribution in [0, 0.1) is 11.8 Å². The molecule has 2 rings (SSSR count). The Morgan fingerprint density at radius 3 is 1.85 bits per heavy atom. The van der Waals surface area contributed by atoms with Crippen LogP contribution < -0.4 is 5.73 Å². The topological polar surface area (TPSA) is 63.3 Å². The third-order valence-corrected chi connectivity index (χ3v) is 4.38. The van der Waals surface area contributed by atoms with Gasteiger partial charge < -0.3 is 10.8 Å². The summed E-state index contributed by atoms with van der Waals surface area (Å²) in [5, 5.41) is 7.94. The van der Waals surface area contributed by atoms with Crippen LogP contribution in [0.3, 0.4) is 0 Å². The number of rotatable bonds is 1. The zero-order valence-corrected chi connectivity index (χ0v) is 16.3. The highest BCUT2D eigenvalue weighted by molar-refractivity contribution is 6.30. The molecule has 1 unspecified atom stereocenters. The van der Waals surface area contributed by atoms with E-state index in [9.17, 15) is 13.2 Å². The summed E-state index contributed by atoms with van der Waals surface area (Å²) in [6, 6.07) is 8.40. The van der Waals surface area contributed by atoms with Crippen LogP contribution >= 0.6 is 11.6 Å². The van der Waals surface area contributed by atoms with Gasteiger partial charge in [0.1, 0.15) is 0 Å². The van der Waals surface area contributed by atoms with E-state index < -0.39 is 12.1 Å². The first kappa shape index (κ1) is 24.7. The normalized spacial score (nSPS) is 22.8. The highest BCUT2D eigenvalue weighted by Gasteiger charge is 2.38. The maximum Gasteiger partial charge on any atom is 0.490 e. The third-order valence-electron chi connectivity index (χ3n) is 4.13. The summed E-state index contributed by atoms with van der Waals surface area (Å²) in [6.45, 7) is 6.76. The van der Waals surface area contributed by atoms with Gasteiger partial charge in [0.05, 0.1) is 0 Å². The van der Waals surface area contributed by atoms with E-state index in [1.807, 2.05) is 24.3 Å². The molecule has 7 heteroatoms. The smallest absolute Gasteiger partial charge is 0.475 e. The van der Waals surface area contributed by atoms with Crippen molar-refractivity contribution in [3.05, 3.63) is 34.9 Å².